The minimum atomic E-state index is -4.44. The van der Waals surface area contributed by atoms with Crippen molar-refractivity contribution >= 4 is 15.8 Å². The normalized spacial score (nSPS) is 12.0. The lowest BCUT2D eigenvalue weighted by Crippen LogP contribution is -2.10. The molecule has 2 aromatic rings. The SMILES string of the molecule is COC(=O)c1ccc(-c2ccc(C(F)(F)F)cc2)cc1CS(C)(=O)=O. The average Bonchev–Trinajstić information content (AvgIpc) is 2.52. The molecule has 0 atom stereocenters. The third-order valence-electron chi connectivity index (χ3n) is 3.47. The summed E-state index contributed by atoms with van der Waals surface area (Å²) in [4.78, 5) is 11.8. The Kier molecular flexibility index (Phi) is 5.22. The van der Waals surface area contributed by atoms with Gasteiger partial charge in [0, 0.05) is 6.26 Å². The van der Waals surface area contributed by atoms with Crippen LogP contribution in [0.1, 0.15) is 21.5 Å². The first kappa shape index (κ1) is 19.0. The van der Waals surface area contributed by atoms with Crippen LogP contribution in [0.3, 0.4) is 0 Å². The van der Waals surface area contributed by atoms with E-state index < -0.39 is 27.5 Å². The van der Waals surface area contributed by atoms with E-state index in [0.717, 1.165) is 18.4 Å². The fourth-order valence-corrected chi connectivity index (χ4v) is 3.14. The lowest BCUT2D eigenvalue weighted by Gasteiger charge is -2.11. The highest BCUT2D eigenvalue weighted by atomic mass is 32.2. The Morgan fingerprint density at radius 2 is 1.60 bits per heavy atom. The number of halogens is 3. The zero-order chi connectivity index (χ0) is 18.8. The smallest absolute Gasteiger partial charge is 0.416 e. The average molecular weight is 372 g/mol. The Hall–Kier alpha value is -2.35. The summed E-state index contributed by atoms with van der Waals surface area (Å²) in [6, 6.07) is 8.87. The zero-order valence-corrected chi connectivity index (χ0v) is 14.2. The van der Waals surface area contributed by atoms with E-state index in [1.54, 1.807) is 0 Å². The van der Waals surface area contributed by atoms with Gasteiger partial charge in [-0.1, -0.05) is 18.2 Å². The van der Waals surface area contributed by atoms with Gasteiger partial charge < -0.3 is 4.74 Å². The van der Waals surface area contributed by atoms with Crippen LogP contribution < -0.4 is 0 Å². The van der Waals surface area contributed by atoms with Gasteiger partial charge in [0.2, 0.25) is 0 Å². The van der Waals surface area contributed by atoms with E-state index in [-0.39, 0.29) is 16.9 Å². The standard InChI is InChI=1S/C17H15F3O4S/c1-24-16(21)15-8-5-12(9-13(15)10-25(2,22)23)11-3-6-14(7-4-11)17(18,19)20/h3-9H,10H2,1-2H3. The Morgan fingerprint density at radius 3 is 2.08 bits per heavy atom. The molecule has 8 heteroatoms. The fraction of sp³-hybridized carbons (Fsp3) is 0.235. The molecule has 0 saturated carbocycles. The van der Waals surface area contributed by atoms with Crippen LogP contribution in [0.4, 0.5) is 13.2 Å². The quantitative estimate of drug-likeness (QED) is 0.768. The predicted octanol–water partition coefficient (Wildman–Crippen LogP) is 3.70. The van der Waals surface area contributed by atoms with Gasteiger partial charge in [-0.05, 0) is 41.0 Å². The van der Waals surface area contributed by atoms with Crippen LogP contribution in [0, 0.1) is 0 Å². The Balaban J connectivity index is 2.49. The van der Waals surface area contributed by atoms with Gasteiger partial charge in [-0.25, -0.2) is 13.2 Å². The predicted molar refractivity (Wildman–Crippen MR) is 86.8 cm³/mol. The van der Waals surface area contributed by atoms with Crippen molar-refractivity contribution in [2.75, 3.05) is 13.4 Å². The van der Waals surface area contributed by atoms with E-state index in [1.807, 2.05) is 0 Å². The first-order valence-electron chi connectivity index (χ1n) is 7.08. The van der Waals surface area contributed by atoms with Crippen LogP contribution in [0.2, 0.25) is 0 Å². The molecular weight excluding hydrogens is 357 g/mol. The molecule has 0 spiro atoms. The van der Waals surface area contributed by atoms with E-state index in [2.05, 4.69) is 4.74 Å². The molecule has 0 N–H and O–H groups in total. The summed E-state index contributed by atoms with van der Waals surface area (Å²) in [5, 5.41) is 0. The van der Waals surface area contributed by atoms with Crippen LogP contribution in [-0.2, 0) is 26.5 Å². The van der Waals surface area contributed by atoms with Crippen molar-refractivity contribution in [1.29, 1.82) is 0 Å². The van der Waals surface area contributed by atoms with Crippen LogP contribution in [0.5, 0.6) is 0 Å². The first-order chi connectivity index (χ1) is 11.5. The summed E-state index contributed by atoms with van der Waals surface area (Å²) in [5.41, 5.74) is 0.522. The second-order valence-corrected chi connectivity index (χ2v) is 7.65. The lowest BCUT2D eigenvalue weighted by atomic mass is 9.99. The highest BCUT2D eigenvalue weighted by molar-refractivity contribution is 7.89. The molecule has 2 rings (SSSR count). The number of hydrogen-bond acceptors (Lipinski definition) is 4. The molecule has 0 aliphatic carbocycles. The van der Waals surface area contributed by atoms with E-state index in [1.165, 1.54) is 37.4 Å². The maximum absolute atomic E-state index is 12.6. The number of esters is 1. The van der Waals surface area contributed by atoms with Crippen molar-refractivity contribution in [3.63, 3.8) is 0 Å². The fourth-order valence-electron chi connectivity index (χ4n) is 2.34. The minimum Gasteiger partial charge on any atom is -0.465 e. The van der Waals surface area contributed by atoms with Gasteiger partial charge in [-0.2, -0.15) is 13.2 Å². The van der Waals surface area contributed by atoms with Crippen LogP contribution in [0.15, 0.2) is 42.5 Å². The second-order valence-electron chi connectivity index (χ2n) is 5.51. The summed E-state index contributed by atoms with van der Waals surface area (Å²) in [7, 11) is -2.25. The summed E-state index contributed by atoms with van der Waals surface area (Å²) in [6.45, 7) is 0. The largest absolute Gasteiger partial charge is 0.465 e. The summed E-state index contributed by atoms with van der Waals surface area (Å²) in [5.74, 6) is -1.07. The van der Waals surface area contributed by atoms with Crippen molar-refractivity contribution in [3.05, 3.63) is 59.2 Å². The molecule has 0 aliphatic heterocycles. The van der Waals surface area contributed by atoms with Gasteiger partial charge in [0.25, 0.3) is 0 Å². The summed E-state index contributed by atoms with van der Waals surface area (Å²) in [6.07, 6.45) is -3.41. The van der Waals surface area contributed by atoms with Crippen molar-refractivity contribution in [1.82, 2.24) is 0 Å². The van der Waals surface area contributed by atoms with Crippen LogP contribution >= 0.6 is 0 Å². The zero-order valence-electron chi connectivity index (χ0n) is 13.4. The van der Waals surface area contributed by atoms with Crippen molar-refractivity contribution < 1.29 is 31.1 Å². The first-order valence-corrected chi connectivity index (χ1v) is 9.14. The molecule has 0 bridgehead atoms. The molecule has 134 valence electrons. The number of carbonyl (C=O) groups is 1. The van der Waals surface area contributed by atoms with Gasteiger partial charge in [0.05, 0.1) is 24.0 Å². The number of rotatable bonds is 4. The summed E-state index contributed by atoms with van der Waals surface area (Å²) >= 11 is 0. The maximum atomic E-state index is 12.6. The van der Waals surface area contributed by atoms with E-state index in [0.29, 0.717) is 11.1 Å². The van der Waals surface area contributed by atoms with Crippen molar-refractivity contribution in [2.45, 2.75) is 11.9 Å². The topological polar surface area (TPSA) is 60.4 Å². The third-order valence-corrected chi connectivity index (χ3v) is 4.31. The number of alkyl halides is 3. The Labute approximate surface area is 143 Å². The number of carbonyl (C=O) groups excluding carboxylic acids is 1. The van der Waals surface area contributed by atoms with Crippen LogP contribution in [0.25, 0.3) is 11.1 Å². The number of methoxy groups -OCH3 is 1. The minimum absolute atomic E-state index is 0.101. The van der Waals surface area contributed by atoms with E-state index in [4.69, 9.17) is 0 Å². The van der Waals surface area contributed by atoms with Gasteiger partial charge in [0.15, 0.2) is 9.84 Å². The van der Waals surface area contributed by atoms with Crippen molar-refractivity contribution in [3.8, 4) is 11.1 Å². The molecule has 0 aromatic heterocycles. The highest BCUT2D eigenvalue weighted by Gasteiger charge is 2.30. The molecule has 0 amide bonds. The van der Waals surface area contributed by atoms with E-state index >= 15 is 0 Å². The second kappa shape index (κ2) is 6.87. The molecule has 0 heterocycles. The monoisotopic (exact) mass is 372 g/mol. The van der Waals surface area contributed by atoms with Crippen LogP contribution in [-0.4, -0.2) is 27.8 Å². The van der Waals surface area contributed by atoms with Gasteiger partial charge >= 0.3 is 12.1 Å². The molecule has 0 aliphatic rings. The lowest BCUT2D eigenvalue weighted by molar-refractivity contribution is -0.137. The molecule has 0 fully saturated rings. The molecule has 4 nitrogen and oxygen atoms in total. The third kappa shape index (κ3) is 4.82. The Morgan fingerprint density at radius 1 is 1.04 bits per heavy atom. The molecule has 0 saturated heterocycles. The number of ether oxygens (including phenoxy) is 1. The number of sulfone groups is 1. The maximum Gasteiger partial charge on any atom is 0.416 e. The van der Waals surface area contributed by atoms with Gasteiger partial charge in [0.1, 0.15) is 0 Å². The highest BCUT2D eigenvalue weighted by Crippen LogP contribution is 2.31. The molecule has 25 heavy (non-hydrogen) atoms. The number of benzene rings is 2. The van der Waals surface area contributed by atoms with Gasteiger partial charge in [-0.15, -0.1) is 0 Å². The summed E-state index contributed by atoms with van der Waals surface area (Å²) < 4.78 is 65.7. The number of hydrogen-bond donors (Lipinski definition) is 0. The van der Waals surface area contributed by atoms with Gasteiger partial charge in [-0.3, -0.25) is 0 Å². The van der Waals surface area contributed by atoms with E-state index in [9.17, 15) is 26.4 Å². The molecule has 2 aromatic carbocycles. The molecule has 0 radical (unpaired) electrons. The van der Waals surface area contributed by atoms with Crippen molar-refractivity contribution in [2.24, 2.45) is 0 Å². The Bertz CT molecular complexity index is 885. The molecular formula is C17H15F3O4S. The molecule has 0 unspecified atom stereocenters.